The van der Waals surface area contributed by atoms with Crippen molar-refractivity contribution in [1.82, 2.24) is 10.2 Å². The van der Waals surface area contributed by atoms with Gasteiger partial charge in [-0.15, -0.1) is 0 Å². The van der Waals surface area contributed by atoms with Crippen molar-refractivity contribution in [2.75, 3.05) is 19.6 Å². The third-order valence-corrected chi connectivity index (χ3v) is 5.10. The number of hydrogen-bond acceptors (Lipinski definition) is 4. The van der Waals surface area contributed by atoms with Gasteiger partial charge in [0.2, 0.25) is 11.6 Å². The molecule has 0 aliphatic carbocycles. The normalized spacial score (nSPS) is 23.4. The molecule has 3 rings (SSSR count). The van der Waals surface area contributed by atoms with E-state index in [4.69, 9.17) is 5.11 Å². The lowest BCUT2D eigenvalue weighted by molar-refractivity contribution is -0.144. The van der Waals surface area contributed by atoms with Gasteiger partial charge in [-0.25, -0.2) is 4.39 Å². The maximum atomic E-state index is 15.0. The number of likely N-dealkylation sites (tertiary alicyclic amines) is 1. The SMILES string of the molecule is CC(C)(C)C.O=C(O)CN1CCC(c2ccc(C3(F)CCC(=O)NC3=O)cc2)CC1. The Balaban J connectivity index is 0.000000575. The number of rotatable bonds is 4. The number of nitrogens with one attached hydrogen (secondary N) is 1. The van der Waals surface area contributed by atoms with Crippen LogP contribution in [0.3, 0.4) is 0 Å². The summed E-state index contributed by atoms with van der Waals surface area (Å²) in [6, 6.07) is 6.90. The van der Waals surface area contributed by atoms with Crippen molar-refractivity contribution in [3.05, 3.63) is 35.4 Å². The van der Waals surface area contributed by atoms with Gasteiger partial charge in [-0.05, 0) is 48.4 Å². The molecule has 2 fully saturated rings. The van der Waals surface area contributed by atoms with E-state index in [1.54, 1.807) is 12.1 Å². The Morgan fingerprint density at radius 2 is 1.70 bits per heavy atom. The van der Waals surface area contributed by atoms with E-state index in [1.807, 2.05) is 17.0 Å². The number of nitrogens with zero attached hydrogens (tertiary/aromatic N) is 1. The number of hydrogen-bond donors (Lipinski definition) is 2. The minimum atomic E-state index is -2.16. The van der Waals surface area contributed by atoms with E-state index in [9.17, 15) is 18.8 Å². The molecule has 7 heteroatoms. The summed E-state index contributed by atoms with van der Waals surface area (Å²) in [5.74, 6) is -1.85. The fourth-order valence-electron chi connectivity index (χ4n) is 3.60. The molecule has 2 amide bonds. The van der Waals surface area contributed by atoms with E-state index >= 15 is 0 Å². The molecular formula is C23H33FN2O4. The fourth-order valence-corrected chi connectivity index (χ4v) is 3.60. The van der Waals surface area contributed by atoms with Gasteiger partial charge in [0.05, 0.1) is 6.54 Å². The summed E-state index contributed by atoms with van der Waals surface area (Å²) in [5.41, 5.74) is -0.323. The Morgan fingerprint density at radius 1 is 1.17 bits per heavy atom. The van der Waals surface area contributed by atoms with Crippen LogP contribution in [0.2, 0.25) is 0 Å². The molecule has 2 N–H and O–H groups in total. The molecule has 1 atom stereocenters. The Labute approximate surface area is 177 Å². The van der Waals surface area contributed by atoms with Gasteiger partial charge in [0.15, 0.2) is 0 Å². The summed E-state index contributed by atoms with van der Waals surface area (Å²) in [4.78, 5) is 35.7. The molecule has 0 radical (unpaired) electrons. The highest BCUT2D eigenvalue weighted by Crippen LogP contribution is 2.36. The number of alkyl halides is 1. The first kappa shape index (κ1) is 24.0. The molecule has 6 nitrogen and oxygen atoms in total. The maximum absolute atomic E-state index is 15.0. The van der Waals surface area contributed by atoms with Gasteiger partial charge in [-0.2, -0.15) is 0 Å². The van der Waals surface area contributed by atoms with E-state index in [0.29, 0.717) is 11.3 Å². The second kappa shape index (κ2) is 9.69. The molecule has 30 heavy (non-hydrogen) atoms. The van der Waals surface area contributed by atoms with Gasteiger partial charge >= 0.3 is 5.97 Å². The van der Waals surface area contributed by atoms with E-state index in [-0.39, 0.29) is 24.9 Å². The summed E-state index contributed by atoms with van der Waals surface area (Å²) in [6.07, 6.45) is 1.56. The van der Waals surface area contributed by atoms with Crippen molar-refractivity contribution >= 4 is 17.8 Å². The van der Waals surface area contributed by atoms with Crippen molar-refractivity contribution in [2.45, 2.75) is 65.0 Å². The molecule has 1 unspecified atom stereocenters. The highest BCUT2D eigenvalue weighted by atomic mass is 19.1. The molecule has 1 aromatic rings. The van der Waals surface area contributed by atoms with Crippen LogP contribution in [0.5, 0.6) is 0 Å². The van der Waals surface area contributed by atoms with Crippen LogP contribution in [-0.2, 0) is 20.1 Å². The van der Waals surface area contributed by atoms with Crippen LogP contribution in [0.4, 0.5) is 4.39 Å². The summed E-state index contributed by atoms with van der Waals surface area (Å²) >= 11 is 0. The van der Waals surface area contributed by atoms with E-state index in [1.165, 1.54) is 0 Å². The number of halogens is 1. The van der Waals surface area contributed by atoms with Crippen LogP contribution in [0.25, 0.3) is 0 Å². The molecule has 0 bridgehead atoms. The second-order valence-corrected chi connectivity index (χ2v) is 9.74. The average molecular weight is 421 g/mol. The van der Waals surface area contributed by atoms with E-state index in [0.717, 1.165) is 31.5 Å². The van der Waals surface area contributed by atoms with Gasteiger partial charge < -0.3 is 5.11 Å². The number of carboxylic acids is 1. The quantitative estimate of drug-likeness (QED) is 0.727. The van der Waals surface area contributed by atoms with Crippen LogP contribution >= 0.6 is 0 Å². The number of carbonyl (C=O) groups is 3. The molecule has 166 valence electrons. The largest absolute Gasteiger partial charge is 0.480 e. The van der Waals surface area contributed by atoms with Crippen LogP contribution in [0.1, 0.15) is 70.4 Å². The molecule has 0 saturated carbocycles. The lowest BCUT2D eigenvalue weighted by Crippen LogP contribution is -2.49. The minimum Gasteiger partial charge on any atom is -0.480 e. The lowest BCUT2D eigenvalue weighted by atomic mass is 9.84. The van der Waals surface area contributed by atoms with Crippen molar-refractivity contribution in [3.8, 4) is 0 Å². The highest BCUT2D eigenvalue weighted by molar-refractivity contribution is 6.02. The average Bonchev–Trinajstić information content (AvgIpc) is 2.64. The first-order chi connectivity index (χ1) is 13.9. The second-order valence-electron chi connectivity index (χ2n) is 9.74. The van der Waals surface area contributed by atoms with Crippen LogP contribution in [0, 0.1) is 5.41 Å². The highest BCUT2D eigenvalue weighted by Gasteiger charge is 2.44. The van der Waals surface area contributed by atoms with Crippen molar-refractivity contribution in [1.29, 1.82) is 0 Å². The van der Waals surface area contributed by atoms with Gasteiger partial charge in [-0.3, -0.25) is 24.6 Å². The van der Waals surface area contributed by atoms with Crippen molar-refractivity contribution in [3.63, 3.8) is 0 Å². The van der Waals surface area contributed by atoms with Crippen molar-refractivity contribution in [2.24, 2.45) is 5.41 Å². The molecule has 0 spiro atoms. The molecule has 2 saturated heterocycles. The van der Waals surface area contributed by atoms with Gasteiger partial charge in [0, 0.05) is 12.8 Å². The Kier molecular flexibility index (Phi) is 7.75. The number of benzene rings is 1. The number of carboxylic acid groups (broad SMARTS) is 1. The summed E-state index contributed by atoms with van der Waals surface area (Å²) in [7, 11) is 0. The zero-order valence-electron chi connectivity index (χ0n) is 18.3. The third kappa shape index (κ3) is 6.90. The van der Waals surface area contributed by atoms with E-state index in [2.05, 4.69) is 33.0 Å². The summed E-state index contributed by atoms with van der Waals surface area (Å²) < 4.78 is 15.0. The fraction of sp³-hybridized carbons (Fsp3) is 0.609. The molecule has 2 aliphatic heterocycles. The zero-order chi connectivity index (χ0) is 22.5. The van der Waals surface area contributed by atoms with Gasteiger partial charge in [-0.1, -0.05) is 52.0 Å². The summed E-state index contributed by atoms with van der Waals surface area (Å²) in [5, 5.41) is 10.9. The topological polar surface area (TPSA) is 86.7 Å². The Bertz CT molecular complexity index is 758. The number of amides is 2. The van der Waals surface area contributed by atoms with Gasteiger partial charge in [0.1, 0.15) is 0 Å². The molecule has 2 aliphatic rings. The summed E-state index contributed by atoms with van der Waals surface area (Å²) in [6.45, 7) is 10.2. The minimum absolute atomic E-state index is 0.00791. The molecular weight excluding hydrogens is 387 g/mol. The number of imide groups is 1. The Hall–Kier alpha value is -2.28. The maximum Gasteiger partial charge on any atom is 0.317 e. The number of aliphatic carboxylic acids is 1. The van der Waals surface area contributed by atoms with Crippen molar-refractivity contribution < 1.29 is 23.9 Å². The zero-order valence-corrected chi connectivity index (χ0v) is 18.3. The molecule has 1 aromatic carbocycles. The Morgan fingerprint density at radius 3 is 2.17 bits per heavy atom. The van der Waals surface area contributed by atoms with Gasteiger partial charge in [0.25, 0.3) is 5.91 Å². The smallest absolute Gasteiger partial charge is 0.317 e. The predicted octanol–water partition coefficient (Wildman–Crippen LogP) is 3.60. The molecule has 0 aromatic heterocycles. The van der Waals surface area contributed by atoms with Crippen LogP contribution in [0.15, 0.2) is 24.3 Å². The number of piperidine rings is 2. The van der Waals surface area contributed by atoms with Crippen LogP contribution < -0.4 is 5.32 Å². The monoisotopic (exact) mass is 420 g/mol. The first-order valence-corrected chi connectivity index (χ1v) is 10.5. The first-order valence-electron chi connectivity index (χ1n) is 10.5. The number of carbonyl (C=O) groups excluding carboxylic acids is 2. The standard InChI is InChI=1S/C18H21FN2O4.C5H12/c19-18(8-5-15(22)20-17(18)25)14-3-1-12(2-4-14)13-6-9-21(10-7-13)11-16(23)24;1-5(2,3)4/h1-4,13H,5-11H2,(H,23,24)(H,20,22,25);1-4H3. The molecule has 2 heterocycles. The van der Waals surface area contributed by atoms with Crippen LogP contribution in [-0.4, -0.2) is 47.4 Å². The third-order valence-electron chi connectivity index (χ3n) is 5.10. The predicted molar refractivity (Wildman–Crippen MR) is 113 cm³/mol. The van der Waals surface area contributed by atoms with E-state index < -0.39 is 23.5 Å². The lowest BCUT2D eigenvalue weighted by Gasteiger charge is -2.31.